The third-order valence-corrected chi connectivity index (χ3v) is 7.64. The van der Waals surface area contributed by atoms with Crippen molar-refractivity contribution < 1.29 is 4.79 Å². The molecule has 0 saturated heterocycles. The Morgan fingerprint density at radius 2 is 2.09 bits per heavy atom. The summed E-state index contributed by atoms with van der Waals surface area (Å²) >= 11 is 1.58. The molecule has 1 atom stereocenters. The molecule has 34 heavy (non-hydrogen) atoms. The number of hydrogen-bond acceptors (Lipinski definition) is 8. The lowest BCUT2D eigenvalue weighted by Gasteiger charge is -2.16. The molecule has 1 aliphatic heterocycles. The molecule has 10 nitrogen and oxygen atoms in total. The van der Waals surface area contributed by atoms with Crippen LogP contribution in [0.4, 0.5) is 5.69 Å². The number of carbonyl (C=O) groups is 1. The number of aryl methyl sites for hydroxylation is 2. The summed E-state index contributed by atoms with van der Waals surface area (Å²) in [6, 6.07) is 3.39. The van der Waals surface area contributed by atoms with E-state index in [2.05, 4.69) is 30.8 Å². The monoisotopic (exact) mass is 476 g/mol. The summed E-state index contributed by atoms with van der Waals surface area (Å²) in [5.74, 6) is 1.02. The lowest BCUT2D eigenvalue weighted by Crippen LogP contribution is -2.36. The predicted molar refractivity (Wildman–Crippen MR) is 128 cm³/mol. The molecule has 1 saturated carbocycles. The SMILES string of the molecule is Cn1c(CNC(=O)[C@@H]2CCc3ncc(NCc4nnc(C5CC5)s4)c(=O)n32)cc2cnccc21. The number of rotatable bonds is 7. The van der Waals surface area contributed by atoms with E-state index in [1.54, 1.807) is 23.7 Å². The number of carbonyl (C=O) groups excluding carboxylic acids is 1. The maximum atomic E-state index is 13.2. The first kappa shape index (κ1) is 21.0. The van der Waals surface area contributed by atoms with Crippen molar-refractivity contribution in [3.8, 4) is 0 Å². The molecule has 0 aromatic carbocycles. The highest BCUT2D eigenvalue weighted by molar-refractivity contribution is 7.11. The van der Waals surface area contributed by atoms with Gasteiger partial charge in [0.05, 0.1) is 24.8 Å². The Hall–Kier alpha value is -3.60. The zero-order valence-electron chi connectivity index (χ0n) is 18.7. The molecule has 4 aromatic rings. The van der Waals surface area contributed by atoms with Crippen molar-refractivity contribution in [3.63, 3.8) is 0 Å². The molecule has 0 bridgehead atoms. The van der Waals surface area contributed by atoms with Gasteiger partial charge in [0, 0.05) is 42.9 Å². The van der Waals surface area contributed by atoms with Crippen LogP contribution in [0.2, 0.25) is 0 Å². The maximum Gasteiger partial charge on any atom is 0.277 e. The summed E-state index contributed by atoms with van der Waals surface area (Å²) in [4.78, 5) is 34.9. The van der Waals surface area contributed by atoms with Crippen LogP contribution in [0.25, 0.3) is 10.9 Å². The van der Waals surface area contributed by atoms with E-state index in [4.69, 9.17) is 0 Å². The van der Waals surface area contributed by atoms with E-state index >= 15 is 0 Å². The fourth-order valence-corrected chi connectivity index (χ4v) is 5.44. The smallest absolute Gasteiger partial charge is 0.277 e. The van der Waals surface area contributed by atoms with Gasteiger partial charge in [-0.3, -0.25) is 19.1 Å². The normalized spacial score (nSPS) is 17.1. The second-order valence-corrected chi connectivity index (χ2v) is 9.92. The number of pyridine rings is 1. The minimum absolute atomic E-state index is 0.179. The Labute approximate surface area is 199 Å². The fourth-order valence-electron chi connectivity index (χ4n) is 4.49. The maximum absolute atomic E-state index is 13.2. The van der Waals surface area contributed by atoms with Crippen LogP contribution in [0, 0.1) is 0 Å². The molecule has 11 heteroatoms. The van der Waals surface area contributed by atoms with Crippen molar-refractivity contribution in [3.05, 3.63) is 62.6 Å². The average Bonchev–Trinajstić information content (AvgIpc) is 3.29. The van der Waals surface area contributed by atoms with Crippen LogP contribution in [0.5, 0.6) is 0 Å². The lowest BCUT2D eigenvalue weighted by molar-refractivity contribution is -0.124. The van der Waals surface area contributed by atoms with E-state index in [0.29, 0.717) is 43.4 Å². The second-order valence-electron chi connectivity index (χ2n) is 8.83. The van der Waals surface area contributed by atoms with Crippen molar-refractivity contribution in [2.24, 2.45) is 7.05 Å². The summed E-state index contributed by atoms with van der Waals surface area (Å²) in [6.45, 7) is 0.782. The number of nitrogens with one attached hydrogen (secondary N) is 2. The van der Waals surface area contributed by atoms with Crippen LogP contribution in [0.3, 0.4) is 0 Å². The molecule has 0 radical (unpaired) electrons. The summed E-state index contributed by atoms with van der Waals surface area (Å²) in [5.41, 5.74) is 2.16. The predicted octanol–water partition coefficient (Wildman–Crippen LogP) is 2.27. The summed E-state index contributed by atoms with van der Waals surface area (Å²) in [7, 11) is 1.96. The molecule has 2 aliphatic rings. The first-order valence-corrected chi connectivity index (χ1v) is 12.2. The number of anilines is 1. The van der Waals surface area contributed by atoms with Gasteiger partial charge in [-0.2, -0.15) is 0 Å². The Morgan fingerprint density at radius 1 is 1.21 bits per heavy atom. The van der Waals surface area contributed by atoms with Crippen molar-refractivity contribution >= 4 is 33.8 Å². The molecule has 0 spiro atoms. The van der Waals surface area contributed by atoms with Crippen molar-refractivity contribution in [2.45, 2.75) is 50.7 Å². The molecule has 5 heterocycles. The topological polar surface area (TPSA) is 120 Å². The fraction of sp³-hybridized carbons (Fsp3) is 0.391. The van der Waals surface area contributed by atoms with E-state index in [9.17, 15) is 9.59 Å². The minimum Gasteiger partial charge on any atom is -0.373 e. The zero-order valence-corrected chi connectivity index (χ0v) is 19.5. The Kier molecular flexibility index (Phi) is 5.13. The summed E-state index contributed by atoms with van der Waals surface area (Å²) < 4.78 is 3.57. The van der Waals surface area contributed by atoms with Crippen LogP contribution in [-0.4, -0.2) is 35.2 Å². The van der Waals surface area contributed by atoms with Gasteiger partial charge >= 0.3 is 0 Å². The van der Waals surface area contributed by atoms with Gasteiger partial charge in [0.25, 0.3) is 5.56 Å². The zero-order chi connectivity index (χ0) is 23.2. The van der Waals surface area contributed by atoms with Gasteiger partial charge in [-0.05, 0) is 31.4 Å². The van der Waals surface area contributed by atoms with Crippen LogP contribution >= 0.6 is 11.3 Å². The van der Waals surface area contributed by atoms with Gasteiger partial charge in [0.2, 0.25) is 5.91 Å². The van der Waals surface area contributed by atoms with Gasteiger partial charge in [-0.25, -0.2) is 4.98 Å². The minimum atomic E-state index is -0.573. The third-order valence-electron chi connectivity index (χ3n) is 6.55. The highest BCUT2D eigenvalue weighted by Crippen LogP contribution is 2.41. The van der Waals surface area contributed by atoms with E-state index in [0.717, 1.165) is 26.6 Å². The molecule has 2 N–H and O–H groups in total. The molecule has 1 amide bonds. The van der Waals surface area contributed by atoms with Crippen LogP contribution in [0.1, 0.15) is 52.8 Å². The third kappa shape index (κ3) is 3.75. The molecule has 1 fully saturated rings. The Bertz CT molecular complexity index is 1450. The number of aromatic nitrogens is 6. The first-order valence-electron chi connectivity index (χ1n) is 11.4. The standard InChI is InChI=1S/C23H24N8O2S/c1-30-15(8-14-9-24-7-6-17(14)30)10-27-21(32)18-4-5-19-26-11-16(23(33)31(18)19)25-12-20-28-29-22(34-20)13-2-3-13/h6-9,11,13,18,25H,2-5,10,12H2,1H3,(H,27,32)/t18-/m0/s1. The second kappa shape index (κ2) is 8.32. The van der Waals surface area contributed by atoms with Crippen molar-refractivity contribution in [2.75, 3.05) is 5.32 Å². The molecule has 1 aliphatic carbocycles. The molecule has 174 valence electrons. The highest BCUT2D eigenvalue weighted by Gasteiger charge is 2.31. The molecule has 0 unspecified atom stereocenters. The summed E-state index contributed by atoms with van der Waals surface area (Å²) in [5, 5.41) is 17.5. The molecule has 6 rings (SSSR count). The van der Waals surface area contributed by atoms with E-state index < -0.39 is 6.04 Å². The molecular formula is C23H24N8O2S. The number of nitrogens with zero attached hydrogens (tertiary/aromatic N) is 6. The first-order chi connectivity index (χ1) is 16.6. The molecule has 4 aromatic heterocycles. The largest absolute Gasteiger partial charge is 0.373 e. The Balaban J connectivity index is 1.16. The number of hydrogen-bond donors (Lipinski definition) is 2. The average molecular weight is 477 g/mol. The van der Waals surface area contributed by atoms with E-state index in [1.807, 2.05) is 29.9 Å². The number of amides is 1. The van der Waals surface area contributed by atoms with Gasteiger partial charge in [0.15, 0.2) is 0 Å². The van der Waals surface area contributed by atoms with Crippen LogP contribution < -0.4 is 16.2 Å². The van der Waals surface area contributed by atoms with E-state index in [1.165, 1.54) is 17.4 Å². The van der Waals surface area contributed by atoms with Crippen molar-refractivity contribution in [1.29, 1.82) is 0 Å². The lowest BCUT2D eigenvalue weighted by atomic mass is 10.2. The molecular weight excluding hydrogens is 452 g/mol. The Morgan fingerprint density at radius 3 is 2.91 bits per heavy atom. The van der Waals surface area contributed by atoms with Gasteiger partial charge in [0.1, 0.15) is 27.6 Å². The van der Waals surface area contributed by atoms with Gasteiger partial charge in [-0.1, -0.05) is 11.3 Å². The van der Waals surface area contributed by atoms with Crippen LogP contribution in [-0.2, 0) is 31.4 Å². The van der Waals surface area contributed by atoms with Crippen LogP contribution in [0.15, 0.2) is 35.5 Å². The van der Waals surface area contributed by atoms with E-state index in [-0.39, 0.29) is 11.5 Å². The quantitative estimate of drug-likeness (QED) is 0.420. The number of fused-ring (bicyclic) bond motifs is 2. The van der Waals surface area contributed by atoms with Gasteiger partial charge < -0.3 is 15.2 Å². The summed E-state index contributed by atoms with van der Waals surface area (Å²) in [6.07, 6.45) is 8.62. The van der Waals surface area contributed by atoms with Gasteiger partial charge in [-0.15, -0.1) is 10.2 Å². The highest BCUT2D eigenvalue weighted by atomic mass is 32.1. The van der Waals surface area contributed by atoms with Crippen molar-refractivity contribution in [1.82, 2.24) is 34.6 Å².